The van der Waals surface area contributed by atoms with Crippen LogP contribution in [-0.4, -0.2) is 35.2 Å². The molecule has 0 saturated carbocycles. The van der Waals surface area contributed by atoms with E-state index in [1.54, 1.807) is 0 Å². The topological polar surface area (TPSA) is 47.3 Å². The van der Waals surface area contributed by atoms with Crippen LogP contribution in [-0.2, 0) is 0 Å². The summed E-state index contributed by atoms with van der Waals surface area (Å²) in [6, 6.07) is 2.37. The molecule has 1 aliphatic heterocycles. The van der Waals surface area contributed by atoms with Gasteiger partial charge in [0.15, 0.2) is 0 Å². The SMILES string of the molecule is CC(C)(O)CN1CCC(C)(C#N)CC1. The summed E-state index contributed by atoms with van der Waals surface area (Å²) in [5.41, 5.74) is -0.767. The van der Waals surface area contributed by atoms with Gasteiger partial charge in [0.2, 0.25) is 0 Å². The molecule has 0 atom stereocenters. The van der Waals surface area contributed by atoms with E-state index in [-0.39, 0.29) is 5.41 Å². The van der Waals surface area contributed by atoms with Gasteiger partial charge in [0.05, 0.1) is 17.1 Å². The average molecular weight is 196 g/mol. The molecule has 80 valence electrons. The summed E-state index contributed by atoms with van der Waals surface area (Å²) in [7, 11) is 0. The van der Waals surface area contributed by atoms with Crippen molar-refractivity contribution in [1.29, 1.82) is 5.26 Å². The average Bonchev–Trinajstić information content (AvgIpc) is 2.07. The molecule has 1 aliphatic rings. The first-order valence-electron chi connectivity index (χ1n) is 5.21. The largest absolute Gasteiger partial charge is 0.389 e. The van der Waals surface area contributed by atoms with E-state index in [2.05, 4.69) is 11.0 Å². The molecule has 14 heavy (non-hydrogen) atoms. The van der Waals surface area contributed by atoms with Gasteiger partial charge in [-0.2, -0.15) is 5.26 Å². The van der Waals surface area contributed by atoms with Gasteiger partial charge in [0.1, 0.15) is 0 Å². The minimum Gasteiger partial charge on any atom is -0.389 e. The lowest BCUT2D eigenvalue weighted by Crippen LogP contribution is -2.44. The molecule has 1 N–H and O–H groups in total. The number of aliphatic hydroxyl groups is 1. The van der Waals surface area contributed by atoms with Gasteiger partial charge in [-0.1, -0.05) is 0 Å². The van der Waals surface area contributed by atoms with Gasteiger partial charge < -0.3 is 10.0 Å². The van der Waals surface area contributed by atoms with Crippen LogP contribution >= 0.6 is 0 Å². The summed E-state index contributed by atoms with van der Waals surface area (Å²) in [5.74, 6) is 0. The lowest BCUT2D eigenvalue weighted by atomic mass is 9.82. The Morgan fingerprint density at radius 2 is 1.93 bits per heavy atom. The number of rotatable bonds is 2. The predicted molar refractivity (Wildman–Crippen MR) is 55.7 cm³/mol. The zero-order chi connectivity index (χ0) is 10.8. The van der Waals surface area contributed by atoms with Crippen molar-refractivity contribution >= 4 is 0 Å². The Morgan fingerprint density at radius 1 is 1.43 bits per heavy atom. The lowest BCUT2D eigenvalue weighted by Gasteiger charge is -2.37. The van der Waals surface area contributed by atoms with Crippen LogP contribution in [0.1, 0.15) is 33.6 Å². The number of nitrogens with zero attached hydrogens (tertiary/aromatic N) is 2. The van der Waals surface area contributed by atoms with Gasteiger partial charge in [-0.05, 0) is 46.7 Å². The molecule has 0 aromatic rings. The minimum atomic E-state index is -0.625. The molecule has 1 rings (SSSR count). The second-order valence-electron chi connectivity index (χ2n) is 5.26. The zero-order valence-corrected chi connectivity index (χ0v) is 9.38. The first kappa shape index (κ1) is 11.5. The van der Waals surface area contributed by atoms with E-state index in [0.29, 0.717) is 6.54 Å². The van der Waals surface area contributed by atoms with E-state index < -0.39 is 5.60 Å². The molecule has 0 aromatic heterocycles. The molecule has 1 fully saturated rings. The Labute approximate surface area is 86.3 Å². The Kier molecular flexibility index (Phi) is 3.18. The van der Waals surface area contributed by atoms with Gasteiger partial charge in [-0.3, -0.25) is 0 Å². The number of piperidine rings is 1. The number of nitriles is 1. The Balaban J connectivity index is 2.41. The highest BCUT2D eigenvalue weighted by atomic mass is 16.3. The minimum absolute atomic E-state index is 0.143. The van der Waals surface area contributed by atoms with Crippen LogP contribution in [0.2, 0.25) is 0 Å². The molecular weight excluding hydrogens is 176 g/mol. The lowest BCUT2D eigenvalue weighted by molar-refractivity contribution is 0.0200. The summed E-state index contributed by atoms with van der Waals surface area (Å²) in [4.78, 5) is 2.24. The van der Waals surface area contributed by atoms with E-state index in [9.17, 15) is 5.11 Å². The standard InChI is InChI=1S/C11H20N2O/c1-10(2,14)9-13-6-4-11(3,8-12)5-7-13/h14H,4-7,9H2,1-3H3. The predicted octanol–water partition coefficient (Wildman–Crippen LogP) is 1.38. The number of likely N-dealkylation sites (tertiary alicyclic amines) is 1. The fourth-order valence-corrected chi connectivity index (χ4v) is 1.86. The first-order chi connectivity index (χ1) is 6.35. The molecular formula is C11H20N2O. The molecule has 0 aromatic carbocycles. The molecule has 0 aliphatic carbocycles. The molecule has 3 nitrogen and oxygen atoms in total. The van der Waals surface area contributed by atoms with E-state index >= 15 is 0 Å². The van der Waals surface area contributed by atoms with Crippen molar-refractivity contribution in [2.75, 3.05) is 19.6 Å². The Bertz CT molecular complexity index is 229. The highest BCUT2D eigenvalue weighted by molar-refractivity contribution is 4.99. The number of hydrogen-bond donors (Lipinski definition) is 1. The van der Waals surface area contributed by atoms with Crippen molar-refractivity contribution < 1.29 is 5.11 Å². The van der Waals surface area contributed by atoms with Crippen molar-refractivity contribution in [3.63, 3.8) is 0 Å². The third-order valence-corrected chi connectivity index (χ3v) is 2.84. The monoisotopic (exact) mass is 196 g/mol. The smallest absolute Gasteiger partial charge is 0.0718 e. The Hall–Kier alpha value is -0.590. The van der Waals surface area contributed by atoms with Gasteiger partial charge in [-0.25, -0.2) is 0 Å². The second-order valence-corrected chi connectivity index (χ2v) is 5.26. The van der Waals surface area contributed by atoms with Crippen LogP contribution in [0.15, 0.2) is 0 Å². The maximum Gasteiger partial charge on any atom is 0.0718 e. The van der Waals surface area contributed by atoms with Crippen LogP contribution in [0.3, 0.4) is 0 Å². The maximum atomic E-state index is 9.65. The molecule has 1 saturated heterocycles. The Morgan fingerprint density at radius 3 is 2.29 bits per heavy atom. The van der Waals surface area contributed by atoms with E-state index in [1.807, 2.05) is 20.8 Å². The van der Waals surface area contributed by atoms with Crippen molar-refractivity contribution in [2.45, 2.75) is 39.2 Å². The molecule has 3 heteroatoms. The first-order valence-corrected chi connectivity index (χ1v) is 5.21. The fraction of sp³-hybridized carbons (Fsp3) is 0.909. The van der Waals surface area contributed by atoms with Crippen LogP contribution in [0.4, 0.5) is 0 Å². The second kappa shape index (κ2) is 3.88. The van der Waals surface area contributed by atoms with Gasteiger partial charge >= 0.3 is 0 Å². The number of hydrogen-bond acceptors (Lipinski definition) is 3. The summed E-state index contributed by atoms with van der Waals surface area (Å²) >= 11 is 0. The molecule has 0 radical (unpaired) electrons. The van der Waals surface area contributed by atoms with Gasteiger partial charge in [0.25, 0.3) is 0 Å². The molecule has 0 bridgehead atoms. The highest BCUT2D eigenvalue weighted by Gasteiger charge is 2.31. The normalized spacial score (nSPS) is 23.1. The van der Waals surface area contributed by atoms with E-state index in [0.717, 1.165) is 25.9 Å². The van der Waals surface area contributed by atoms with Crippen molar-refractivity contribution in [1.82, 2.24) is 4.90 Å². The maximum absolute atomic E-state index is 9.65. The van der Waals surface area contributed by atoms with Crippen LogP contribution in [0, 0.1) is 16.7 Å². The third kappa shape index (κ3) is 3.28. The summed E-state index contributed by atoms with van der Waals surface area (Å²) in [5, 5.41) is 18.6. The van der Waals surface area contributed by atoms with Crippen LogP contribution in [0.5, 0.6) is 0 Å². The van der Waals surface area contributed by atoms with Crippen molar-refractivity contribution in [3.8, 4) is 6.07 Å². The third-order valence-electron chi connectivity index (χ3n) is 2.84. The van der Waals surface area contributed by atoms with Crippen LogP contribution < -0.4 is 0 Å². The number of β-amino-alcohol motifs (C(OH)–C–C–N with tert-alkyl or cyclic N) is 1. The van der Waals surface area contributed by atoms with Crippen molar-refractivity contribution in [2.24, 2.45) is 5.41 Å². The van der Waals surface area contributed by atoms with E-state index in [1.165, 1.54) is 0 Å². The van der Waals surface area contributed by atoms with Gasteiger partial charge in [-0.15, -0.1) is 0 Å². The van der Waals surface area contributed by atoms with Crippen molar-refractivity contribution in [3.05, 3.63) is 0 Å². The van der Waals surface area contributed by atoms with E-state index in [4.69, 9.17) is 5.26 Å². The summed E-state index contributed by atoms with van der Waals surface area (Å²) in [6.45, 7) is 8.22. The summed E-state index contributed by atoms with van der Waals surface area (Å²) < 4.78 is 0. The molecule has 0 unspecified atom stereocenters. The molecule has 0 amide bonds. The highest BCUT2D eigenvalue weighted by Crippen LogP contribution is 2.30. The fourth-order valence-electron chi connectivity index (χ4n) is 1.86. The quantitative estimate of drug-likeness (QED) is 0.726. The summed E-state index contributed by atoms with van der Waals surface area (Å²) in [6.07, 6.45) is 1.83. The molecule has 1 heterocycles. The van der Waals surface area contributed by atoms with Crippen LogP contribution in [0.25, 0.3) is 0 Å². The zero-order valence-electron chi connectivity index (χ0n) is 9.38. The molecule has 0 spiro atoms. The van der Waals surface area contributed by atoms with Gasteiger partial charge in [0, 0.05) is 6.54 Å².